The van der Waals surface area contributed by atoms with Crippen LogP contribution in [0.15, 0.2) is 40.2 Å². The van der Waals surface area contributed by atoms with Crippen LogP contribution < -0.4 is 26.6 Å². The molecule has 0 aliphatic heterocycles. The topological polar surface area (TPSA) is 104 Å². The Morgan fingerprint density at radius 1 is 0.963 bits per heavy atom. The fourth-order valence-corrected chi connectivity index (χ4v) is 2.71. The van der Waals surface area contributed by atoms with E-state index in [9.17, 15) is 9.59 Å². The van der Waals surface area contributed by atoms with Crippen molar-refractivity contribution in [3.63, 3.8) is 0 Å². The molecule has 0 amide bonds. The number of nitrogens with zero attached hydrogens (tertiary/aromatic N) is 1. The van der Waals surface area contributed by atoms with Gasteiger partial charge in [-0.05, 0) is 29.8 Å². The van der Waals surface area contributed by atoms with Crippen LogP contribution in [0.3, 0.4) is 0 Å². The average molecular weight is 366 g/mol. The van der Waals surface area contributed by atoms with Crippen LogP contribution in [-0.4, -0.2) is 27.0 Å². The maximum atomic E-state index is 12.4. The van der Waals surface area contributed by atoms with Crippen molar-refractivity contribution in [2.75, 3.05) is 7.11 Å². The van der Waals surface area contributed by atoms with Crippen LogP contribution in [0, 0.1) is 0 Å². The molecule has 2 aromatic heterocycles. The zero-order valence-electron chi connectivity index (χ0n) is 15.7. The first-order valence-corrected chi connectivity index (χ1v) is 8.52. The lowest BCUT2D eigenvalue weighted by molar-refractivity contribution is 0.415. The molecule has 140 valence electrons. The Morgan fingerprint density at radius 2 is 1.56 bits per heavy atom. The summed E-state index contributed by atoms with van der Waals surface area (Å²) in [5, 5.41) is 0.338. The van der Waals surface area contributed by atoms with Gasteiger partial charge in [0.1, 0.15) is 16.4 Å². The highest BCUT2D eigenvalue weighted by atomic mass is 16.5. The van der Waals surface area contributed by atoms with Gasteiger partial charge in [0, 0.05) is 11.1 Å². The Bertz CT molecular complexity index is 1180. The van der Waals surface area contributed by atoms with Gasteiger partial charge >= 0.3 is 0 Å². The van der Waals surface area contributed by atoms with Crippen LogP contribution in [0.25, 0.3) is 12.2 Å². The lowest BCUT2D eigenvalue weighted by atomic mass is 9.90. The Kier molecular flexibility index (Phi) is 4.85. The Morgan fingerprint density at radius 3 is 2.11 bits per heavy atom. The van der Waals surface area contributed by atoms with Crippen molar-refractivity contribution in [2.45, 2.75) is 26.2 Å². The number of rotatable bonds is 3. The Balaban J connectivity index is 2.08. The van der Waals surface area contributed by atoms with Crippen molar-refractivity contribution in [1.82, 2.24) is 19.9 Å². The summed E-state index contributed by atoms with van der Waals surface area (Å²) in [6.45, 7) is 6.12. The lowest BCUT2D eigenvalue weighted by Crippen LogP contribution is -2.46. The first kappa shape index (κ1) is 18.4. The molecular weight excluding hydrogens is 344 g/mol. The van der Waals surface area contributed by atoms with E-state index in [4.69, 9.17) is 4.74 Å². The van der Waals surface area contributed by atoms with Crippen LogP contribution in [0.4, 0.5) is 0 Å². The molecule has 2 heterocycles. The third-order valence-electron chi connectivity index (χ3n) is 4.11. The molecule has 0 unspecified atom stereocenters. The molecule has 3 rings (SSSR count). The SMILES string of the molecule is COc1ccc(/C=c2/[nH]c(=O)/c(=C\c3nc[nH]c3C(C)(C)C)[nH]c2=O)cc1. The van der Waals surface area contributed by atoms with E-state index in [1.54, 1.807) is 49.9 Å². The number of nitrogens with one attached hydrogen (secondary N) is 3. The zero-order valence-corrected chi connectivity index (χ0v) is 15.7. The summed E-state index contributed by atoms with van der Waals surface area (Å²) in [5.74, 6) is 0.716. The first-order valence-electron chi connectivity index (χ1n) is 8.52. The summed E-state index contributed by atoms with van der Waals surface area (Å²) in [5.41, 5.74) is 1.34. The van der Waals surface area contributed by atoms with Crippen molar-refractivity contribution in [1.29, 1.82) is 0 Å². The van der Waals surface area contributed by atoms with Crippen molar-refractivity contribution < 1.29 is 4.74 Å². The van der Waals surface area contributed by atoms with Crippen LogP contribution in [0.2, 0.25) is 0 Å². The molecule has 0 aliphatic rings. The minimum atomic E-state index is -0.391. The number of aromatic amines is 3. The number of hydrogen-bond acceptors (Lipinski definition) is 4. The highest BCUT2D eigenvalue weighted by Gasteiger charge is 2.19. The maximum Gasteiger partial charge on any atom is 0.272 e. The molecule has 0 fully saturated rings. The minimum Gasteiger partial charge on any atom is -0.497 e. The van der Waals surface area contributed by atoms with Gasteiger partial charge in [-0.1, -0.05) is 32.9 Å². The first-order chi connectivity index (χ1) is 12.8. The van der Waals surface area contributed by atoms with Gasteiger partial charge in [-0.25, -0.2) is 4.98 Å². The van der Waals surface area contributed by atoms with Crippen LogP contribution in [0.5, 0.6) is 5.75 Å². The molecule has 27 heavy (non-hydrogen) atoms. The normalized spacial score (nSPS) is 13.2. The molecule has 0 radical (unpaired) electrons. The van der Waals surface area contributed by atoms with E-state index in [-0.39, 0.29) is 21.7 Å². The van der Waals surface area contributed by atoms with Crippen molar-refractivity contribution in [3.8, 4) is 5.75 Å². The van der Waals surface area contributed by atoms with Gasteiger partial charge in [-0.15, -0.1) is 0 Å². The number of methoxy groups -OCH3 is 1. The van der Waals surface area contributed by atoms with Gasteiger partial charge in [0.05, 0.1) is 19.1 Å². The van der Waals surface area contributed by atoms with E-state index in [1.165, 1.54) is 0 Å². The van der Waals surface area contributed by atoms with Crippen molar-refractivity contribution in [2.24, 2.45) is 0 Å². The average Bonchev–Trinajstić information content (AvgIpc) is 3.08. The van der Waals surface area contributed by atoms with Crippen LogP contribution >= 0.6 is 0 Å². The lowest BCUT2D eigenvalue weighted by Gasteiger charge is -2.16. The highest BCUT2D eigenvalue weighted by molar-refractivity contribution is 5.50. The molecule has 7 nitrogen and oxygen atoms in total. The molecule has 7 heteroatoms. The predicted molar refractivity (Wildman–Crippen MR) is 104 cm³/mol. The van der Waals surface area contributed by atoms with Crippen molar-refractivity contribution in [3.05, 3.63) is 78.9 Å². The van der Waals surface area contributed by atoms with Crippen molar-refractivity contribution >= 4 is 12.2 Å². The number of H-pyrrole nitrogens is 3. The van der Waals surface area contributed by atoms with E-state index < -0.39 is 5.56 Å². The zero-order chi connectivity index (χ0) is 19.6. The predicted octanol–water partition coefficient (Wildman–Crippen LogP) is 0.750. The molecular formula is C20H22N4O3. The van der Waals surface area contributed by atoms with Gasteiger partial charge in [0.15, 0.2) is 0 Å². The summed E-state index contributed by atoms with van der Waals surface area (Å²) in [6, 6.07) is 7.17. The summed E-state index contributed by atoms with van der Waals surface area (Å²) in [6.07, 6.45) is 4.76. The number of aromatic nitrogens is 4. The van der Waals surface area contributed by atoms with Gasteiger partial charge in [0.2, 0.25) is 0 Å². The number of hydrogen-bond donors (Lipinski definition) is 3. The third-order valence-corrected chi connectivity index (χ3v) is 4.11. The van der Waals surface area contributed by atoms with Crippen LogP contribution in [-0.2, 0) is 5.41 Å². The third kappa shape index (κ3) is 4.08. The second-order valence-electron chi connectivity index (χ2n) is 7.21. The molecule has 0 bridgehead atoms. The molecule has 0 aliphatic carbocycles. The minimum absolute atomic E-state index is 0.157. The number of benzene rings is 1. The van der Waals surface area contributed by atoms with E-state index in [1.807, 2.05) is 20.8 Å². The highest BCUT2D eigenvalue weighted by Crippen LogP contribution is 2.22. The van der Waals surface area contributed by atoms with E-state index in [0.29, 0.717) is 11.4 Å². The summed E-state index contributed by atoms with van der Waals surface area (Å²) in [7, 11) is 1.58. The van der Waals surface area contributed by atoms with E-state index >= 15 is 0 Å². The fourth-order valence-electron chi connectivity index (χ4n) is 2.71. The molecule has 3 aromatic rings. The standard InChI is InChI=1S/C20H22N4O3/c1-20(2,3)17-14(21-11-22-17)10-16-19(26)23-15(18(25)24-16)9-12-5-7-13(27-4)8-6-12/h5-11H,1-4H3,(H,21,22)(H,23,26)(H,24,25)/b15-9+,16-10+. The summed E-state index contributed by atoms with van der Waals surface area (Å²) >= 11 is 0. The van der Waals surface area contributed by atoms with E-state index in [2.05, 4.69) is 19.9 Å². The summed E-state index contributed by atoms with van der Waals surface area (Å²) in [4.78, 5) is 37.5. The Labute approximate surface area is 155 Å². The number of imidazole rings is 1. The van der Waals surface area contributed by atoms with E-state index in [0.717, 1.165) is 11.3 Å². The second kappa shape index (κ2) is 7.11. The van der Waals surface area contributed by atoms with Gasteiger partial charge < -0.3 is 19.7 Å². The van der Waals surface area contributed by atoms with Gasteiger partial charge in [0.25, 0.3) is 11.1 Å². The maximum absolute atomic E-state index is 12.4. The largest absolute Gasteiger partial charge is 0.497 e. The Hall–Kier alpha value is -3.35. The van der Waals surface area contributed by atoms with Gasteiger partial charge in [-0.2, -0.15) is 0 Å². The number of ether oxygens (including phenoxy) is 1. The monoisotopic (exact) mass is 366 g/mol. The molecule has 0 spiro atoms. The smallest absolute Gasteiger partial charge is 0.272 e. The summed E-state index contributed by atoms with van der Waals surface area (Å²) < 4.78 is 5.11. The molecule has 1 aromatic carbocycles. The van der Waals surface area contributed by atoms with Gasteiger partial charge in [-0.3, -0.25) is 9.59 Å². The molecule has 3 N–H and O–H groups in total. The second-order valence-corrected chi connectivity index (χ2v) is 7.21. The molecule has 0 saturated carbocycles. The van der Waals surface area contributed by atoms with Crippen LogP contribution in [0.1, 0.15) is 37.7 Å². The molecule has 0 saturated heterocycles. The fraction of sp³-hybridized carbons (Fsp3) is 0.250. The quantitative estimate of drug-likeness (QED) is 0.636. The molecule has 0 atom stereocenters.